The fourth-order valence-corrected chi connectivity index (χ4v) is 5.15. The number of anilines is 2. The zero-order chi connectivity index (χ0) is 23.4. The molecule has 0 atom stereocenters. The molecule has 0 bridgehead atoms. The Bertz CT molecular complexity index is 1030. The molecule has 2 aliphatic heterocycles. The number of nitrogens with one attached hydrogen (secondary N) is 1. The third-order valence-corrected chi connectivity index (χ3v) is 7.63. The van der Waals surface area contributed by atoms with Crippen molar-refractivity contribution in [1.29, 1.82) is 0 Å². The van der Waals surface area contributed by atoms with Gasteiger partial charge < -0.3 is 10.2 Å². The number of halogens is 2. The van der Waals surface area contributed by atoms with Gasteiger partial charge in [-0.3, -0.25) is 9.69 Å². The van der Waals surface area contributed by atoms with Crippen LogP contribution in [0, 0.1) is 0 Å². The van der Waals surface area contributed by atoms with E-state index < -0.39 is 0 Å². The van der Waals surface area contributed by atoms with E-state index in [9.17, 15) is 4.79 Å². The van der Waals surface area contributed by atoms with Gasteiger partial charge in [-0.05, 0) is 60.5 Å². The van der Waals surface area contributed by atoms with Crippen LogP contribution >= 0.6 is 23.2 Å². The van der Waals surface area contributed by atoms with Gasteiger partial charge in [-0.15, -0.1) is 0 Å². The molecule has 0 spiro atoms. The van der Waals surface area contributed by atoms with Gasteiger partial charge in [0, 0.05) is 38.3 Å². The smallest absolute Gasteiger partial charge is 0.224 e. The first-order valence-electron chi connectivity index (χ1n) is 11.9. The number of benzene rings is 2. The molecule has 0 aliphatic carbocycles. The first kappa shape index (κ1) is 24.1. The average molecular weight is 486 g/mol. The highest BCUT2D eigenvalue weighted by molar-refractivity contribution is 6.43. The van der Waals surface area contributed by atoms with E-state index >= 15 is 0 Å². The highest BCUT2D eigenvalue weighted by Gasteiger charge is 2.28. The summed E-state index contributed by atoms with van der Waals surface area (Å²) in [6.45, 7) is 9.52. The van der Waals surface area contributed by atoms with Gasteiger partial charge in [0.05, 0.1) is 15.7 Å². The van der Waals surface area contributed by atoms with Crippen molar-refractivity contribution in [3.8, 4) is 0 Å². The molecule has 0 unspecified atom stereocenters. The number of nitrogens with zero attached hydrogens (tertiary/aromatic N) is 2. The van der Waals surface area contributed by atoms with Gasteiger partial charge in [0.2, 0.25) is 5.91 Å². The second-order valence-corrected chi connectivity index (χ2v) is 10.5. The summed E-state index contributed by atoms with van der Waals surface area (Å²) in [7, 11) is 0. The topological polar surface area (TPSA) is 35.6 Å². The molecule has 33 heavy (non-hydrogen) atoms. The van der Waals surface area contributed by atoms with Gasteiger partial charge in [0.15, 0.2) is 0 Å². The van der Waals surface area contributed by atoms with Crippen LogP contribution in [0.15, 0.2) is 42.5 Å². The van der Waals surface area contributed by atoms with Crippen molar-refractivity contribution in [1.82, 2.24) is 4.90 Å². The van der Waals surface area contributed by atoms with E-state index in [1.165, 1.54) is 5.56 Å². The summed E-state index contributed by atoms with van der Waals surface area (Å²) in [5, 5.41) is 4.35. The van der Waals surface area contributed by atoms with E-state index in [0.29, 0.717) is 16.5 Å². The van der Waals surface area contributed by atoms with Crippen molar-refractivity contribution < 1.29 is 4.79 Å². The van der Waals surface area contributed by atoms with Crippen molar-refractivity contribution in [2.24, 2.45) is 0 Å². The first-order chi connectivity index (χ1) is 15.8. The fraction of sp³-hybridized carbons (Fsp3) is 0.444. The Kier molecular flexibility index (Phi) is 7.68. The second kappa shape index (κ2) is 10.5. The Morgan fingerprint density at radius 2 is 1.88 bits per heavy atom. The maximum Gasteiger partial charge on any atom is 0.224 e. The average Bonchev–Trinajstić information content (AvgIpc) is 2.91. The molecule has 2 heterocycles. The van der Waals surface area contributed by atoms with Gasteiger partial charge >= 0.3 is 0 Å². The molecule has 0 aromatic heterocycles. The summed E-state index contributed by atoms with van der Waals surface area (Å²) in [5.74, 6) is 0.112. The van der Waals surface area contributed by atoms with Crippen molar-refractivity contribution in [2.45, 2.75) is 44.9 Å². The fourth-order valence-electron chi connectivity index (χ4n) is 4.73. The van der Waals surface area contributed by atoms with Crippen LogP contribution in [0.4, 0.5) is 11.4 Å². The minimum atomic E-state index is 0.0128. The standard InChI is InChI=1S/C27H33Cl2N3O/c1-27(2)13-12-25(33)30-23-19-20(10-11-21(23)27)7-4-3-5-14-31-15-17-32(18-16-31)24-9-6-8-22(28)26(24)29/h4,6-11,19H,3,5,12-18H2,1-2H3,(H,30,33)/b7-4+. The molecule has 2 aromatic carbocycles. The van der Waals surface area contributed by atoms with E-state index in [0.717, 1.165) is 68.9 Å². The molecule has 1 saturated heterocycles. The van der Waals surface area contributed by atoms with Gasteiger partial charge in [-0.1, -0.05) is 67.4 Å². The summed E-state index contributed by atoms with van der Waals surface area (Å²) in [5.41, 5.74) is 4.37. The molecule has 6 heteroatoms. The maximum absolute atomic E-state index is 12.1. The summed E-state index contributed by atoms with van der Waals surface area (Å²) in [6, 6.07) is 12.3. The molecular formula is C27H33Cl2N3O. The van der Waals surface area contributed by atoms with Crippen LogP contribution in [0.5, 0.6) is 0 Å². The number of amides is 1. The second-order valence-electron chi connectivity index (χ2n) is 9.68. The van der Waals surface area contributed by atoms with Crippen molar-refractivity contribution in [2.75, 3.05) is 42.9 Å². The zero-order valence-corrected chi connectivity index (χ0v) is 21.1. The maximum atomic E-state index is 12.1. The normalized spacial score (nSPS) is 18.8. The zero-order valence-electron chi connectivity index (χ0n) is 19.5. The molecular weight excluding hydrogens is 453 g/mol. The lowest BCUT2D eigenvalue weighted by Crippen LogP contribution is -2.46. The van der Waals surface area contributed by atoms with Crippen LogP contribution in [0.2, 0.25) is 10.0 Å². The number of allylic oxidation sites excluding steroid dienone is 1. The van der Waals surface area contributed by atoms with Gasteiger partial charge in [-0.2, -0.15) is 0 Å². The van der Waals surface area contributed by atoms with Gasteiger partial charge in [0.1, 0.15) is 0 Å². The monoisotopic (exact) mass is 485 g/mol. The summed E-state index contributed by atoms with van der Waals surface area (Å²) < 4.78 is 0. The molecule has 176 valence electrons. The van der Waals surface area contributed by atoms with Crippen LogP contribution in [0.25, 0.3) is 6.08 Å². The number of carbonyl (C=O) groups is 1. The third kappa shape index (κ3) is 5.92. The number of hydrogen-bond acceptors (Lipinski definition) is 3. The Morgan fingerprint density at radius 3 is 2.67 bits per heavy atom. The van der Waals surface area contributed by atoms with Gasteiger partial charge in [0.25, 0.3) is 0 Å². The molecule has 4 nitrogen and oxygen atoms in total. The minimum Gasteiger partial charge on any atom is -0.368 e. The Balaban J connectivity index is 1.24. The third-order valence-electron chi connectivity index (χ3n) is 6.82. The Labute approximate surface area is 207 Å². The van der Waals surface area contributed by atoms with E-state index in [-0.39, 0.29) is 11.3 Å². The van der Waals surface area contributed by atoms with Crippen LogP contribution in [0.3, 0.4) is 0 Å². The summed E-state index contributed by atoms with van der Waals surface area (Å²) >= 11 is 12.6. The number of rotatable bonds is 6. The summed E-state index contributed by atoms with van der Waals surface area (Å²) in [6.07, 6.45) is 8.03. The lowest BCUT2D eigenvalue weighted by atomic mass is 9.80. The van der Waals surface area contributed by atoms with E-state index in [1.807, 2.05) is 18.2 Å². The molecule has 1 N–H and O–H groups in total. The highest BCUT2D eigenvalue weighted by Crippen LogP contribution is 2.37. The molecule has 4 rings (SSSR count). The molecule has 1 amide bonds. The first-order valence-corrected chi connectivity index (χ1v) is 12.6. The van der Waals surface area contributed by atoms with Crippen LogP contribution in [0.1, 0.15) is 50.7 Å². The number of carbonyl (C=O) groups excluding carboxylic acids is 1. The molecule has 2 aliphatic rings. The predicted octanol–water partition coefficient (Wildman–Crippen LogP) is 6.62. The van der Waals surface area contributed by atoms with E-state index in [1.54, 1.807) is 0 Å². The van der Waals surface area contributed by atoms with E-state index in [2.05, 4.69) is 59.3 Å². The number of fused-ring (bicyclic) bond motifs is 1. The highest BCUT2D eigenvalue weighted by atomic mass is 35.5. The number of hydrogen-bond donors (Lipinski definition) is 1. The van der Waals surface area contributed by atoms with Gasteiger partial charge in [-0.25, -0.2) is 0 Å². The van der Waals surface area contributed by atoms with Crippen LogP contribution in [-0.4, -0.2) is 43.5 Å². The minimum absolute atomic E-state index is 0.0128. The largest absolute Gasteiger partial charge is 0.368 e. The Morgan fingerprint density at radius 1 is 1.09 bits per heavy atom. The molecule has 1 fully saturated rings. The van der Waals surface area contributed by atoms with Crippen molar-refractivity contribution in [3.05, 3.63) is 63.6 Å². The molecule has 0 saturated carbocycles. The molecule has 2 aromatic rings. The predicted molar refractivity (Wildman–Crippen MR) is 141 cm³/mol. The van der Waals surface area contributed by atoms with Crippen LogP contribution < -0.4 is 10.2 Å². The molecule has 0 radical (unpaired) electrons. The Hall–Kier alpha value is -2.01. The van der Waals surface area contributed by atoms with E-state index in [4.69, 9.17) is 23.2 Å². The number of piperazine rings is 1. The van der Waals surface area contributed by atoms with Crippen molar-refractivity contribution in [3.63, 3.8) is 0 Å². The lowest BCUT2D eigenvalue weighted by molar-refractivity contribution is -0.116. The summed E-state index contributed by atoms with van der Waals surface area (Å²) in [4.78, 5) is 16.9. The number of unbranched alkanes of at least 4 members (excludes halogenated alkanes) is 1. The quantitative estimate of drug-likeness (QED) is 0.466. The van der Waals surface area contributed by atoms with Crippen molar-refractivity contribution >= 4 is 46.6 Å². The van der Waals surface area contributed by atoms with Crippen LogP contribution in [-0.2, 0) is 10.2 Å². The lowest BCUT2D eigenvalue weighted by Gasteiger charge is -2.36. The SMILES string of the molecule is CC1(C)CCC(=O)Nc2cc(/C=C/CCCN3CCN(c4cccc(Cl)c4Cl)CC3)ccc21.